The maximum atomic E-state index is 13.2. The molecule has 1 aromatic rings. The van der Waals surface area contributed by atoms with E-state index in [-0.39, 0.29) is 17.5 Å². The molecule has 0 bridgehead atoms. The third kappa shape index (κ3) is 1.37. The standard InChI is InChI=1S/C11H11FO/c1-7(13)9-5-8-3-2-4-11(12)10(8)6-9/h2-4,9H,5-6H2,1H3. The van der Waals surface area contributed by atoms with E-state index in [0.29, 0.717) is 12.8 Å². The number of benzene rings is 1. The summed E-state index contributed by atoms with van der Waals surface area (Å²) in [4.78, 5) is 11.1. The van der Waals surface area contributed by atoms with Crippen LogP contribution in [0.3, 0.4) is 0 Å². The number of halogens is 1. The average molecular weight is 178 g/mol. The smallest absolute Gasteiger partial charge is 0.133 e. The Balaban J connectivity index is 2.35. The van der Waals surface area contributed by atoms with Gasteiger partial charge in [0.25, 0.3) is 0 Å². The van der Waals surface area contributed by atoms with Crippen molar-refractivity contribution >= 4 is 5.78 Å². The first-order chi connectivity index (χ1) is 6.18. The van der Waals surface area contributed by atoms with Crippen molar-refractivity contribution < 1.29 is 9.18 Å². The quantitative estimate of drug-likeness (QED) is 0.643. The van der Waals surface area contributed by atoms with E-state index in [1.807, 2.05) is 6.07 Å². The normalized spacial score (nSPS) is 20.0. The number of hydrogen-bond acceptors (Lipinski definition) is 1. The summed E-state index contributed by atoms with van der Waals surface area (Å²) in [6, 6.07) is 5.07. The first-order valence-corrected chi connectivity index (χ1v) is 4.45. The third-order valence-corrected chi connectivity index (χ3v) is 2.71. The second-order valence-corrected chi connectivity index (χ2v) is 3.59. The fourth-order valence-electron chi connectivity index (χ4n) is 1.89. The Morgan fingerprint density at radius 3 is 2.85 bits per heavy atom. The van der Waals surface area contributed by atoms with E-state index in [4.69, 9.17) is 0 Å². The first kappa shape index (κ1) is 8.42. The molecule has 0 saturated carbocycles. The molecule has 0 radical (unpaired) electrons. The Labute approximate surface area is 76.6 Å². The third-order valence-electron chi connectivity index (χ3n) is 2.71. The predicted octanol–water partition coefficient (Wildman–Crippen LogP) is 2.13. The number of fused-ring (bicyclic) bond motifs is 1. The first-order valence-electron chi connectivity index (χ1n) is 4.45. The highest BCUT2D eigenvalue weighted by Crippen LogP contribution is 2.28. The van der Waals surface area contributed by atoms with Gasteiger partial charge in [0.1, 0.15) is 11.6 Å². The Bertz CT molecular complexity index is 357. The zero-order valence-electron chi connectivity index (χ0n) is 7.51. The van der Waals surface area contributed by atoms with Crippen LogP contribution in [0.5, 0.6) is 0 Å². The number of ketones is 1. The van der Waals surface area contributed by atoms with Crippen LogP contribution in [0.2, 0.25) is 0 Å². The van der Waals surface area contributed by atoms with Crippen LogP contribution in [-0.4, -0.2) is 5.78 Å². The molecule has 0 fully saturated rings. The second-order valence-electron chi connectivity index (χ2n) is 3.59. The molecule has 0 amide bonds. The molecule has 0 aliphatic heterocycles. The molecule has 2 rings (SSSR count). The molecule has 2 heteroatoms. The van der Waals surface area contributed by atoms with Gasteiger partial charge in [-0.25, -0.2) is 4.39 Å². The van der Waals surface area contributed by atoms with Gasteiger partial charge in [-0.15, -0.1) is 0 Å². The van der Waals surface area contributed by atoms with Gasteiger partial charge < -0.3 is 0 Å². The van der Waals surface area contributed by atoms with E-state index in [0.717, 1.165) is 11.1 Å². The zero-order chi connectivity index (χ0) is 9.42. The number of carbonyl (C=O) groups excluding carboxylic acids is 1. The highest BCUT2D eigenvalue weighted by atomic mass is 19.1. The summed E-state index contributed by atoms with van der Waals surface area (Å²) in [7, 11) is 0. The van der Waals surface area contributed by atoms with E-state index in [2.05, 4.69) is 0 Å². The molecule has 0 N–H and O–H groups in total. The Morgan fingerprint density at radius 2 is 2.23 bits per heavy atom. The van der Waals surface area contributed by atoms with Crippen LogP contribution in [0.25, 0.3) is 0 Å². The lowest BCUT2D eigenvalue weighted by Gasteiger charge is -2.00. The van der Waals surface area contributed by atoms with E-state index < -0.39 is 0 Å². The van der Waals surface area contributed by atoms with Crippen molar-refractivity contribution in [3.8, 4) is 0 Å². The van der Waals surface area contributed by atoms with Crippen molar-refractivity contribution in [2.75, 3.05) is 0 Å². The van der Waals surface area contributed by atoms with Crippen LogP contribution in [0.1, 0.15) is 18.1 Å². The van der Waals surface area contributed by atoms with Crippen LogP contribution >= 0.6 is 0 Å². The molecule has 1 atom stereocenters. The number of Topliss-reactive ketones (excluding diaryl/α,β-unsaturated/α-hetero) is 1. The summed E-state index contributed by atoms with van der Waals surface area (Å²) < 4.78 is 13.2. The summed E-state index contributed by atoms with van der Waals surface area (Å²) in [6.45, 7) is 1.58. The summed E-state index contributed by atoms with van der Waals surface area (Å²) in [5.41, 5.74) is 1.74. The van der Waals surface area contributed by atoms with Crippen molar-refractivity contribution in [2.45, 2.75) is 19.8 Å². The Kier molecular flexibility index (Phi) is 1.91. The molecule has 1 unspecified atom stereocenters. The van der Waals surface area contributed by atoms with Gasteiger partial charge in [-0.3, -0.25) is 4.79 Å². The SMILES string of the molecule is CC(=O)C1Cc2cccc(F)c2C1. The maximum absolute atomic E-state index is 13.2. The van der Waals surface area contributed by atoms with Gasteiger partial charge in [0.2, 0.25) is 0 Å². The minimum atomic E-state index is -0.166. The molecule has 68 valence electrons. The van der Waals surface area contributed by atoms with E-state index in [9.17, 15) is 9.18 Å². The summed E-state index contributed by atoms with van der Waals surface area (Å²) >= 11 is 0. The lowest BCUT2D eigenvalue weighted by molar-refractivity contribution is -0.120. The zero-order valence-corrected chi connectivity index (χ0v) is 7.51. The molecular weight excluding hydrogens is 167 g/mol. The van der Waals surface area contributed by atoms with Crippen LogP contribution in [-0.2, 0) is 17.6 Å². The van der Waals surface area contributed by atoms with Gasteiger partial charge in [-0.1, -0.05) is 12.1 Å². The van der Waals surface area contributed by atoms with Crippen LogP contribution in [0.15, 0.2) is 18.2 Å². The summed E-state index contributed by atoms with van der Waals surface area (Å²) in [6.07, 6.45) is 1.29. The van der Waals surface area contributed by atoms with Crippen molar-refractivity contribution in [3.63, 3.8) is 0 Å². The molecule has 1 nitrogen and oxygen atoms in total. The second kappa shape index (κ2) is 2.95. The molecule has 13 heavy (non-hydrogen) atoms. The Hall–Kier alpha value is -1.18. The molecule has 0 heterocycles. The maximum Gasteiger partial charge on any atom is 0.133 e. The number of carbonyl (C=O) groups is 1. The lowest BCUT2D eigenvalue weighted by Crippen LogP contribution is -2.10. The van der Waals surface area contributed by atoms with Gasteiger partial charge in [0, 0.05) is 5.92 Å². The lowest BCUT2D eigenvalue weighted by atomic mass is 10.0. The Morgan fingerprint density at radius 1 is 1.46 bits per heavy atom. The van der Waals surface area contributed by atoms with Gasteiger partial charge in [0.05, 0.1) is 0 Å². The minimum Gasteiger partial charge on any atom is -0.300 e. The van der Waals surface area contributed by atoms with Crippen molar-refractivity contribution in [3.05, 3.63) is 35.1 Å². The molecule has 1 aliphatic carbocycles. The fraction of sp³-hybridized carbons (Fsp3) is 0.364. The van der Waals surface area contributed by atoms with E-state index >= 15 is 0 Å². The van der Waals surface area contributed by atoms with Gasteiger partial charge >= 0.3 is 0 Å². The topological polar surface area (TPSA) is 17.1 Å². The van der Waals surface area contributed by atoms with E-state index in [1.165, 1.54) is 6.07 Å². The van der Waals surface area contributed by atoms with Crippen molar-refractivity contribution in [1.29, 1.82) is 0 Å². The molecule has 0 aromatic heterocycles. The molecule has 1 aliphatic rings. The van der Waals surface area contributed by atoms with Gasteiger partial charge in [-0.2, -0.15) is 0 Å². The molecule has 1 aromatic carbocycles. The van der Waals surface area contributed by atoms with Crippen LogP contribution in [0, 0.1) is 11.7 Å². The van der Waals surface area contributed by atoms with Crippen LogP contribution in [0.4, 0.5) is 4.39 Å². The van der Waals surface area contributed by atoms with Crippen molar-refractivity contribution in [1.82, 2.24) is 0 Å². The number of hydrogen-bond donors (Lipinski definition) is 0. The highest BCUT2D eigenvalue weighted by Gasteiger charge is 2.26. The van der Waals surface area contributed by atoms with Gasteiger partial charge in [0.15, 0.2) is 0 Å². The molecule has 0 saturated heterocycles. The average Bonchev–Trinajstić information content (AvgIpc) is 2.49. The van der Waals surface area contributed by atoms with Gasteiger partial charge in [-0.05, 0) is 37.0 Å². The van der Waals surface area contributed by atoms with E-state index in [1.54, 1.807) is 13.0 Å². The monoisotopic (exact) mass is 178 g/mol. The highest BCUT2D eigenvalue weighted by molar-refractivity contribution is 5.79. The largest absolute Gasteiger partial charge is 0.300 e. The van der Waals surface area contributed by atoms with Crippen molar-refractivity contribution in [2.24, 2.45) is 5.92 Å². The summed E-state index contributed by atoms with van der Waals surface area (Å²) in [5.74, 6) is 0.00347. The predicted molar refractivity (Wildman–Crippen MR) is 48.0 cm³/mol. The summed E-state index contributed by atoms with van der Waals surface area (Å²) in [5, 5.41) is 0. The number of rotatable bonds is 1. The molecular formula is C11H11FO. The molecule has 0 spiro atoms. The van der Waals surface area contributed by atoms with Crippen LogP contribution < -0.4 is 0 Å². The fourth-order valence-corrected chi connectivity index (χ4v) is 1.89. The minimum absolute atomic E-state index is 0.00639.